The molecule has 2 aromatic carbocycles. The van der Waals surface area contributed by atoms with Crippen molar-refractivity contribution in [3.05, 3.63) is 65.8 Å². The van der Waals surface area contributed by atoms with Gasteiger partial charge in [-0.1, -0.05) is 36.0 Å². The van der Waals surface area contributed by atoms with Crippen LogP contribution in [0.2, 0.25) is 0 Å². The number of halogens is 1. The van der Waals surface area contributed by atoms with Gasteiger partial charge >= 0.3 is 0 Å². The van der Waals surface area contributed by atoms with Gasteiger partial charge in [-0.3, -0.25) is 4.79 Å². The number of aromatic nitrogens is 2. The molecule has 30 heavy (non-hydrogen) atoms. The maximum absolute atomic E-state index is 14.1. The fourth-order valence-corrected chi connectivity index (χ4v) is 3.27. The molecule has 3 rings (SSSR count). The van der Waals surface area contributed by atoms with Crippen molar-refractivity contribution in [3.8, 4) is 11.8 Å². The Hall–Kier alpha value is -3.38. The van der Waals surface area contributed by atoms with E-state index in [4.69, 9.17) is 14.4 Å². The zero-order valence-electron chi connectivity index (χ0n) is 16.2. The Labute approximate surface area is 177 Å². The van der Waals surface area contributed by atoms with Crippen molar-refractivity contribution < 1.29 is 18.3 Å². The molecule has 0 atom stereocenters. The van der Waals surface area contributed by atoms with Crippen LogP contribution >= 0.6 is 11.8 Å². The van der Waals surface area contributed by atoms with Crippen LogP contribution in [0.3, 0.4) is 0 Å². The van der Waals surface area contributed by atoms with Gasteiger partial charge in [0.15, 0.2) is 6.61 Å². The van der Waals surface area contributed by atoms with Crippen LogP contribution in [-0.2, 0) is 11.4 Å². The van der Waals surface area contributed by atoms with Gasteiger partial charge in [-0.25, -0.2) is 4.39 Å². The van der Waals surface area contributed by atoms with E-state index < -0.39 is 5.82 Å². The second-order valence-corrected chi connectivity index (χ2v) is 7.19. The van der Waals surface area contributed by atoms with Crippen molar-refractivity contribution in [2.75, 3.05) is 17.2 Å². The van der Waals surface area contributed by atoms with Crippen LogP contribution in [0.25, 0.3) is 0 Å². The van der Waals surface area contributed by atoms with Crippen molar-refractivity contribution in [2.45, 2.75) is 25.2 Å². The van der Waals surface area contributed by atoms with E-state index in [1.54, 1.807) is 12.1 Å². The lowest BCUT2D eigenvalue weighted by Gasteiger charge is -2.21. The molecule has 0 radical (unpaired) electrons. The van der Waals surface area contributed by atoms with Gasteiger partial charge < -0.3 is 14.1 Å². The second-order valence-electron chi connectivity index (χ2n) is 6.26. The average molecular weight is 426 g/mol. The van der Waals surface area contributed by atoms with Crippen LogP contribution in [0.1, 0.15) is 17.9 Å². The maximum Gasteiger partial charge on any atom is 0.277 e. The van der Waals surface area contributed by atoms with E-state index in [0.717, 1.165) is 17.3 Å². The Morgan fingerprint density at radius 3 is 2.87 bits per heavy atom. The van der Waals surface area contributed by atoms with E-state index in [1.165, 1.54) is 17.0 Å². The summed E-state index contributed by atoms with van der Waals surface area (Å²) in [4.78, 5) is 13.9. The van der Waals surface area contributed by atoms with Crippen LogP contribution in [0.4, 0.5) is 10.1 Å². The molecule has 0 aliphatic carbocycles. The molecule has 0 saturated carbocycles. The fourth-order valence-electron chi connectivity index (χ4n) is 2.62. The van der Waals surface area contributed by atoms with Gasteiger partial charge in [-0.15, -0.1) is 10.2 Å². The van der Waals surface area contributed by atoms with Crippen molar-refractivity contribution in [2.24, 2.45) is 0 Å². The molecule has 0 saturated heterocycles. The number of rotatable bonds is 9. The molecule has 0 N–H and O–H groups in total. The molecule has 0 aliphatic heterocycles. The molecule has 1 amide bonds. The molecule has 0 bridgehead atoms. The van der Waals surface area contributed by atoms with E-state index in [9.17, 15) is 9.18 Å². The first-order valence-corrected chi connectivity index (χ1v) is 10.1. The molecule has 154 valence electrons. The Kier molecular flexibility index (Phi) is 7.40. The number of benzene rings is 2. The molecular formula is C21H19FN4O3S. The normalized spacial score (nSPS) is 10.4. The molecular weight excluding hydrogens is 407 g/mol. The summed E-state index contributed by atoms with van der Waals surface area (Å²) in [6.45, 7) is 2.16. The number of amides is 1. The number of anilines is 1. The standard InChI is InChI=1S/C21H19FN4O3S/c1-15-6-4-7-16(12-15)28-13-19-24-25-21(29-19)30-14-20(27)26(11-5-10-23)18-9-3-2-8-17(18)22/h2-4,6-9,12H,5,11,13-14H2,1H3. The number of nitrogens with zero attached hydrogens (tertiary/aromatic N) is 4. The topological polar surface area (TPSA) is 92.3 Å². The number of carbonyl (C=O) groups is 1. The Morgan fingerprint density at radius 2 is 2.10 bits per heavy atom. The number of para-hydroxylation sites is 1. The molecule has 0 unspecified atom stereocenters. The molecule has 7 nitrogen and oxygen atoms in total. The van der Waals surface area contributed by atoms with Gasteiger partial charge in [-0.2, -0.15) is 5.26 Å². The molecule has 0 fully saturated rings. The highest BCUT2D eigenvalue weighted by atomic mass is 32.2. The number of thioether (sulfide) groups is 1. The van der Waals surface area contributed by atoms with E-state index in [2.05, 4.69) is 10.2 Å². The van der Waals surface area contributed by atoms with Crippen molar-refractivity contribution in [3.63, 3.8) is 0 Å². The highest BCUT2D eigenvalue weighted by Gasteiger charge is 2.20. The first kappa shape index (κ1) is 21.3. The van der Waals surface area contributed by atoms with Crippen LogP contribution in [-0.4, -0.2) is 28.4 Å². The molecule has 0 spiro atoms. The predicted octanol–water partition coefficient (Wildman–Crippen LogP) is 4.14. The van der Waals surface area contributed by atoms with Crippen LogP contribution in [0.15, 0.2) is 58.2 Å². The SMILES string of the molecule is Cc1cccc(OCc2nnc(SCC(=O)N(CCC#N)c3ccccc3F)o2)c1. The first-order chi connectivity index (χ1) is 14.6. The maximum atomic E-state index is 14.1. The predicted molar refractivity (Wildman–Crippen MR) is 110 cm³/mol. The minimum absolute atomic E-state index is 0.0415. The van der Waals surface area contributed by atoms with Gasteiger partial charge in [0.25, 0.3) is 11.1 Å². The molecule has 9 heteroatoms. The summed E-state index contributed by atoms with van der Waals surface area (Å²) in [6.07, 6.45) is 0.0890. The number of hydrogen-bond acceptors (Lipinski definition) is 7. The number of carbonyl (C=O) groups excluding carboxylic acids is 1. The summed E-state index contributed by atoms with van der Waals surface area (Å²) in [6, 6.07) is 15.5. The second kappa shape index (κ2) is 10.4. The van der Waals surface area contributed by atoms with Gasteiger partial charge in [-0.05, 0) is 36.8 Å². The molecule has 0 aliphatic rings. The smallest absolute Gasteiger partial charge is 0.277 e. The van der Waals surface area contributed by atoms with Gasteiger partial charge in [0.1, 0.15) is 11.6 Å². The van der Waals surface area contributed by atoms with Crippen LogP contribution in [0, 0.1) is 24.1 Å². The molecule has 3 aromatic rings. The van der Waals surface area contributed by atoms with Gasteiger partial charge in [0, 0.05) is 6.54 Å². The van der Waals surface area contributed by atoms with Crippen LogP contribution in [0.5, 0.6) is 5.75 Å². The summed E-state index contributed by atoms with van der Waals surface area (Å²) in [7, 11) is 0. The summed E-state index contributed by atoms with van der Waals surface area (Å²) >= 11 is 1.04. The number of ether oxygens (including phenoxy) is 1. The lowest BCUT2D eigenvalue weighted by atomic mass is 10.2. The fraction of sp³-hybridized carbons (Fsp3) is 0.238. The first-order valence-electron chi connectivity index (χ1n) is 9.13. The van der Waals surface area contributed by atoms with E-state index >= 15 is 0 Å². The van der Waals surface area contributed by atoms with Crippen molar-refractivity contribution >= 4 is 23.4 Å². The minimum Gasteiger partial charge on any atom is -0.484 e. The molecule has 1 aromatic heterocycles. The Balaban J connectivity index is 1.58. The zero-order valence-corrected chi connectivity index (χ0v) is 17.1. The van der Waals surface area contributed by atoms with E-state index in [1.807, 2.05) is 37.3 Å². The number of hydrogen-bond donors (Lipinski definition) is 0. The lowest BCUT2D eigenvalue weighted by Crippen LogP contribution is -2.34. The number of aryl methyl sites for hydroxylation is 1. The lowest BCUT2D eigenvalue weighted by molar-refractivity contribution is -0.116. The van der Waals surface area contributed by atoms with Crippen molar-refractivity contribution in [1.29, 1.82) is 5.26 Å². The summed E-state index contributed by atoms with van der Waals surface area (Å²) in [5.41, 5.74) is 1.21. The monoisotopic (exact) mass is 426 g/mol. The van der Waals surface area contributed by atoms with Gasteiger partial charge in [0.05, 0.1) is 23.9 Å². The number of nitriles is 1. The zero-order chi connectivity index (χ0) is 21.3. The van der Waals surface area contributed by atoms with E-state index in [-0.39, 0.29) is 48.0 Å². The van der Waals surface area contributed by atoms with Crippen LogP contribution < -0.4 is 9.64 Å². The summed E-state index contributed by atoms with van der Waals surface area (Å²) in [5, 5.41) is 16.9. The van der Waals surface area contributed by atoms with Crippen molar-refractivity contribution in [1.82, 2.24) is 10.2 Å². The summed E-state index contributed by atoms with van der Waals surface area (Å²) < 4.78 is 25.2. The Bertz CT molecular complexity index is 1050. The average Bonchev–Trinajstić information content (AvgIpc) is 3.20. The third kappa shape index (κ3) is 5.81. The van der Waals surface area contributed by atoms with Gasteiger partial charge in [0.2, 0.25) is 5.91 Å². The quantitative estimate of drug-likeness (QED) is 0.475. The third-order valence-corrected chi connectivity index (χ3v) is 4.81. The molecule has 1 heterocycles. The summed E-state index contributed by atoms with van der Waals surface area (Å²) in [5.74, 6) is 0.0379. The highest BCUT2D eigenvalue weighted by Crippen LogP contribution is 2.23. The minimum atomic E-state index is -0.526. The third-order valence-electron chi connectivity index (χ3n) is 4.01. The Morgan fingerprint density at radius 1 is 1.27 bits per heavy atom. The van der Waals surface area contributed by atoms with E-state index in [0.29, 0.717) is 5.75 Å². The highest BCUT2D eigenvalue weighted by molar-refractivity contribution is 7.99. The largest absolute Gasteiger partial charge is 0.484 e.